The Balaban J connectivity index is 0.00000220. The zero-order chi connectivity index (χ0) is 14.4. The van der Waals surface area contributed by atoms with Gasteiger partial charge in [0, 0.05) is 18.6 Å². The second-order valence-corrected chi connectivity index (χ2v) is 4.58. The maximum Gasteiger partial charge on any atom is 0.246 e. The summed E-state index contributed by atoms with van der Waals surface area (Å²) in [7, 11) is 1.70. The van der Waals surface area contributed by atoms with E-state index in [-0.39, 0.29) is 24.0 Å². The normalized spacial score (nSPS) is 10.9. The predicted octanol–water partition coefficient (Wildman–Crippen LogP) is 2.51. The van der Waals surface area contributed by atoms with Crippen LogP contribution in [0.4, 0.5) is 0 Å². The molecular weight excluding hydrogens is 405 g/mol. The molecule has 8 heteroatoms. The Hall–Kier alpha value is -1.35. The van der Waals surface area contributed by atoms with Crippen molar-refractivity contribution in [3.05, 3.63) is 46.6 Å². The van der Waals surface area contributed by atoms with Crippen LogP contribution in [0.5, 0.6) is 0 Å². The number of halogens is 2. The molecule has 2 aromatic rings. The fourth-order valence-electron chi connectivity index (χ4n) is 1.58. The molecule has 21 heavy (non-hydrogen) atoms. The molecule has 6 nitrogen and oxygen atoms in total. The van der Waals surface area contributed by atoms with Crippen LogP contribution in [0.3, 0.4) is 0 Å². The van der Waals surface area contributed by atoms with Gasteiger partial charge in [-0.25, -0.2) is 0 Å². The van der Waals surface area contributed by atoms with Gasteiger partial charge >= 0.3 is 0 Å². The molecular formula is C13H17ClIN5O. The summed E-state index contributed by atoms with van der Waals surface area (Å²) in [5, 5.41) is 10.7. The van der Waals surface area contributed by atoms with Crippen LogP contribution in [0, 0.1) is 6.92 Å². The number of aliphatic imine (C=N–C) groups is 1. The van der Waals surface area contributed by atoms with Crippen LogP contribution in [0.1, 0.15) is 17.3 Å². The highest BCUT2D eigenvalue weighted by molar-refractivity contribution is 14.0. The molecule has 0 amide bonds. The van der Waals surface area contributed by atoms with E-state index in [9.17, 15) is 0 Å². The third-order valence-corrected chi connectivity index (χ3v) is 2.83. The number of benzene rings is 1. The van der Waals surface area contributed by atoms with Crippen molar-refractivity contribution in [3.63, 3.8) is 0 Å². The Labute approximate surface area is 145 Å². The number of rotatable bonds is 4. The topological polar surface area (TPSA) is 75.3 Å². The van der Waals surface area contributed by atoms with E-state index >= 15 is 0 Å². The minimum absolute atomic E-state index is 0. The quantitative estimate of drug-likeness (QED) is 0.451. The van der Waals surface area contributed by atoms with E-state index in [1.165, 1.54) is 0 Å². The highest BCUT2D eigenvalue weighted by Crippen LogP contribution is 2.09. The van der Waals surface area contributed by atoms with Gasteiger partial charge in [0.1, 0.15) is 0 Å². The molecule has 1 heterocycles. The smallest absolute Gasteiger partial charge is 0.246 e. The minimum Gasteiger partial charge on any atom is -0.352 e. The average Bonchev–Trinajstić information content (AvgIpc) is 2.87. The summed E-state index contributed by atoms with van der Waals surface area (Å²) in [4.78, 5) is 8.23. The number of hydrogen-bond acceptors (Lipinski definition) is 4. The molecule has 0 atom stereocenters. The lowest BCUT2D eigenvalue weighted by atomic mass is 10.2. The molecule has 0 saturated carbocycles. The van der Waals surface area contributed by atoms with E-state index < -0.39 is 0 Å². The Morgan fingerprint density at radius 2 is 1.90 bits per heavy atom. The third kappa shape index (κ3) is 5.88. The van der Waals surface area contributed by atoms with Crippen LogP contribution < -0.4 is 10.6 Å². The van der Waals surface area contributed by atoms with Crippen molar-refractivity contribution in [1.82, 2.24) is 20.8 Å². The SMILES string of the molecule is CN=C(NCc1ccc(Cl)cc1)NCc1nc(C)no1.I. The van der Waals surface area contributed by atoms with Gasteiger partial charge in [0.15, 0.2) is 11.8 Å². The zero-order valence-corrected chi connectivity index (χ0v) is 14.8. The van der Waals surface area contributed by atoms with Crippen LogP contribution in [0.15, 0.2) is 33.8 Å². The lowest BCUT2D eigenvalue weighted by Gasteiger charge is -2.10. The standard InChI is InChI=1S/C13H16ClN5O.HI/c1-9-18-12(20-19-9)8-17-13(15-2)16-7-10-3-5-11(14)6-4-10;/h3-6H,7-8H2,1-2H3,(H2,15,16,17);1H. The van der Waals surface area contributed by atoms with Gasteiger partial charge in [0.25, 0.3) is 0 Å². The summed E-state index contributed by atoms with van der Waals surface area (Å²) in [5.41, 5.74) is 1.12. The highest BCUT2D eigenvalue weighted by Gasteiger charge is 2.04. The number of hydrogen-bond donors (Lipinski definition) is 2. The lowest BCUT2D eigenvalue weighted by molar-refractivity contribution is 0.371. The van der Waals surface area contributed by atoms with E-state index in [4.69, 9.17) is 16.1 Å². The van der Waals surface area contributed by atoms with Gasteiger partial charge in [-0.2, -0.15) is 4.98 Å². The van der Waals surface area contributed by atoms with E-state index in [1.54, 1.807) is 14.0 Å². The van der Waals surface area contributed by atoms with Crippen molar-refractivity contribution in [2.24, 2.45) is 4.99 Å². The molecule has 2 rings (SSSR count). The van der Waals surface area contributed by atoms with Gasteiger partial charge in [-0.15, -0.1) is 24.0 Å². The summed E-state index contributed by atoms with van der Waals surface area (Å²) in [6, 6.07) is 7.64. The van der Waals surface area contributed by atoms with Crippen molar-refractivity contribution in [1.29, 1.82) is 0 Å². The van der Waals surface area contributed by atoms with Crippen molar-refractivity contribution in [3.8, 4) is 0 Å². The van der Waals surface area contributed by atoms with Crippen LogP contribution in [-0.2, 0) is 13.1 Å². The number of nitrogens with zero attached hydrogens (tertiary/aromatic N) is 3. The molecule has 0 bridgehead atoms. The van der Waals surface area contributed by atoms with Gasteiger partial charge in [-0.3, -0.25) is 4.99 Å². The maximum absolute atomic E-state index is 5.84. The molecule has 0 fully saturated rings. The van der Waals surface area contributed by atoms with Gasteiger partial charge in [0.2, 0.25) is 5.89 Å². The summed E-state index contributed by atoms with van der Waals surface area (Å²) < 4.78 is 5.01. The van der Waals surface area contributed by atoms with Crippen LogP contribution >= 0.6 is 35.6 Å². The first kappa shape index (κ1) is 17.7. The lowest BCUT2D eigenvalue weighted by Crippen LogP contribution is -2.36. The molecule has 0 unspecified atom stereocenters. The minimum atomic E-state index is 0. The molecule has 0 spiro atoms. The molecule has 2 N–H and O–H groups in total. The van der Waals surface area contributed by atoms with Gasteiger partial charge < -0.3 is 15.2 Å². The molecule has 0 aliphatic carbocycles. The highest BCUT2D eigenvalue weighted by atomic mass is 127. The molecule has 0 saturated heterocycles. The van der Waals surface area contributed by atoms with E-state index in [0.29, 0.717) is 30.8 Å². The average molecular weight is 422 g/mol. The maximum atomic E-state index is 5.84. The van der Waals surface area contributed by atoms with Crippen LogP contribution in [-0.4, -0.2) is 23.1 Å². The first-order chi connectivity index (χ1) is 9.67. The fourth-order valence-corrected chi connectivity index (χ4v) is 1.71. The molecule has 0 radical (unpaired) electrons. The second-order valence-electron chi connectivity index (χ2n) is 4.14. The zero-order valence-electron chi connectivity index (χ0n) is 11.8. The first-order valence-electron chi connectivity index (χ1n) is 6.15. The Morgan fingerprint density at radius 1 is 1.24 bits per heavy atom. The largest absolute Gasteiger partial charge is 0.352 e. The van der Waals surface area contributed by atoms with Gasteiger partial charge in [-0.05, 0) is 24.6 Å². The first-order valence-corrected chi connectivity index (χ1v) is 6.53. The predicted molar refractivity (Wildman–Crippen MR) is 92.9 cm³/mol. The Kier molecular flexibility index (Phi) is 7.44. The Bertz CT molecular complexity index is 585. The number of nitrogens with one attached hydrogen (secondary N) is 2. The van der Waals surface area contributed by atoms with Crippen molar-refractivity contribution < 1.29 is 4.52 Å². The van der Waals surface area contributed by atoms with E-state index in [0.717, 1.165) is 10.6 Å². The summed E-state index contributed by atoms with van der Waals surface area (Å²) in [6.45, 7) is 2.86. The Morgan fingerprint density at radius 3 is 2.48 bits per heavy atom. The van der Waals surface area contributed by atoms with Crippen LogP contribution in [0.2, 0.25) is 5.02 Å². The van der Waals surface area contributed by atoms with Crippen molar-refractivity contribution in [2.75, 3.05) is 7.05 Å². The van der Waals surface area contributed by atoms with Gasteiger partial charge in [0.05, 0.1) is 6.54 Å². The number of aryl methyl sites for hydroxylation is 1. The molecule has 114 valence electrons. The van der Waals surface area contributed by atoms with Crippen molar-refractivity contribution >= 4 is 41.5 Å². The number of guanidine groups is 1. The van der Waals surface area contributed by atoms with Crippen LogP contribution in [0.25, 0.3) is 0 Å². The number of aromatic nitrogens is 2. The fraction of sp³-hybridized carbons (Fsp3) is 0.308. The third-order valence-electron chi connectivity index (χ3n) is 2.57. The summed E-state index contributed by atoms with van der Waals surface area (Å²) in [6.07, 6.45) is 0. The summed E-state index contributed by atoms with van der Waals surface area (Å²) >= 11 is 5.84. The van der Waals surface area contributed by atoms with E-state index in [1.807, 2.05) is 24.3 Å². The van der Waals surface area contributed by atoms with Gasteiger partial charge in [-0.1, -0.05) is 28.9 Å². The molecule has 1 aromatic heterocycles. The summed E-state index contributed by atoms with van der Waals surface area (Å²) in [5.74, 6) is 1.80. The molecule has 0 aliphatic heterocycles. The monoisotopic (exact) mass is 421 g/mol. The molecule has 0 aliphatic rings. The van der Waals surface area contributed by atoms with E-state index in [2.05, 4.69) is 25.8 Å². The second kappa shape index (κ2) is 8.83. The molecule has 1 aromatic carbocycles. The van der Waals surface area contributed by atoms with Crippen molar-refractivity contribution in [2.45, 2.75) is 20.0 Å².